The van der Waals surface area contributed by atoms with E-state index in [1.54, 1.807) is 18.3 Å². The van der Waals surface area contributed by atoms with Gasteiger partial charge in [0.25, 0.3) is 0 Å². The number of anilines is 1. The SMILES string of the molecule is CS(=O)(=O)N1CCC(Nc2cc3c(-c4ccc(C#N)cc4)nccc3cn2)CC1. The lowest BCUT2D eigenvalue weighted by molar-refractivity contribution is 0.331. The molecule has 0 spiro atoms. The highest BCUT2D eigenvalue weighted by molar-refractivity contribution is 7.88. The van der Waals surface area contributed by atoms with Gasteiger partial charge in [-0.2, -0.15) is 5.26 Å². The third-order valence-electron chi connectivity index (χ3n) is 5.21. The van der Waals surface area contributed by atoms with Gasteiger partial charge in [-0.1, -0.05) is 12.1 Å². The molecule has 1 saturated heterocycles. The summed E-state index contributed by atoms with van der Waals surface area (Å²) in [5.74, 6) is 0.748. The minimum absolute atomic E-state index is 0.174. The first-order chi connectivity index (χ1) is 13.9. The largest absolute Gasteiger partial charge is 0.367 e. The van der Waals surface area contributed by atoms with Gasteiger partial charge in [-0.05, 0) is 37.1 Å². The van der Waals surface area contributed by atoms with Crippen molar-refractivity contribution < 1.29 is 8.42 Å². The van der Waals surface area contributed by atoms with Gasteiger partial charge < -0.3 is 5.32 Å². The molecule has 0 atom stereocenters. The van der Waals surface area contributed by atoms with Crippen LogP contribution in [0.25, 0.3) is 22.0 Å². The Labute approximate surface area is 170 Å². The summed E-state index contributed by atoms with van der Waals surface area (Å²) in [4.78, 5) is 9.06. The third kappa shape index (κ3) is 4.21. The topological polar surface area (TPSA) is 99.0 Å². The average Bonchev–Trinajstić information content (AvgIpc) is 2.73. The van der Waals surface area contributed by atoms with E-state index in [-0.39, 0.29) is 6.04 Å². The van der Waals surface area contributed by atoms with Crippen molar-refractivity contribution >= 4 is 26.6 Å². The molecule has 3 aromatic rings. The van der Waals surface area contributed by atoms with Crippen molar-refractivity contribution in [2.75, 3.05) is 24.7 Å². The number of nitriles is 1. The van der Waals surface area contributed by atoms with Crippen LogP contribution in [-0.2, 0) is 10.0 Å². The van der Waals surface area contributed by atoms with Crippen LogP contribution >= 0.6 is 0 Å². The van der Waals surface area contributed by atoms with Gasteiger partial charge in [0.05, 0.1) is 23.6 Å². The van der Waals surface area contributed by atoms with Gasteiger partial charge in [0.15, 0.2) is 0 Å². The predicted octanol–water partition coefficient (Wildman–Crippen LogP) is 3.00. The first-order valence-electron chi connectivity index (χ1n) is 9.41. The second-order valence-electron chi connectivity index (χ2n) is 7.22. The van der Waals surface area contributed by atoms with Gasteiger partial charge in [-0.3, -0.25) is 4.98 Å². The second kappa shape index (κ2) is 7.78. The van der Waals surface area contributed by atoms with Crippen LogP contribution in [0.4, 0.5) is 5.82 Å². The summed E-state index contributed by atoms with van der Waals surface area (Å²) in [6, 6.07) is 13.6. The molecular weight excluding hydrogens is 386 g/mol. The summed E-state index contributed by atoms with van der Waals surface area (Å²) in [6.07, 6.45) is 6.30. The smallest absolute Gasteiger partial charge is 0.211 e. The number of hydrogen-bond donors (Lipinski definition) is 1. The summed E-state index contributed by atoms with van der Waals surface area (Å²) in [5.41, 5.74) is 2.39. The number of pyridine rings is 2. The number of rotatable bonds is 4. The van der Waals surface area contributed by atoms with E-state index in [9.17, 15) is 8.42 Å². The molecule has 0 unspecified atom stereocenters. The molecule has 1 aromatic carbocycles. The van der Waals surface area contributed by atoms with Crippen LogP contribution in [0, 0.1) is 11.3 Å². The van der Waals surface area contributed by atoms with E-state index < -0.39 is 10.0 Å². The summed E-state index contributed by atoms with van der Waals surface area (Å²) in [6.45, 7) is 1.03. The van der Waals surface area contributed by atoms with Crippen molar-refractivity contribution in [2.45, 2.75) is 18.9 Å². The quantitative estimate of drug-likeness (QED) is 0.714. The van der Waals surface area contributed by atoms with Crippen LogP contribution < -0.4 is 5.32 Å². The molecule has 1 aliphatic rings. The highest BCUT2D eigenvalue weighted by atomic mass is 32.2. The lowest BCUT2D eigenvalue weighted by atomic mass is 10.0. The summed E-state index contributed by atoms with van der Waals surface area (Å²) in [5, 5.41) is 14.4. The normalized spacial score (nSPS) is 15.9. The van der Waals surface area contributed by atoms with E-state index >= 15 is 0 Å². The van der Waals surface area contributed by atoms with Gasteiger partial charge >= 0.3 is 0 Å². The molecule has 8 heteroatoms. The van der Waals surface area contributed by atoms with Crippen LogP contribution in [0.2, 0.25) is 0 Å². The standard InChI is InChI=1S/C21H21N5O2S/c1-29(27,28)26-10-7-18(8-11-26)25-20-12-19-17(14-24-20)6-9-23-21(19)16-4-2-15(13-22)3-5-16/h2-6,9,12,14,18H,7-8,10-11H2,1H3,(H,24,25). The Balaban J connectivity index is 1.58. The van der Waals surface area contributed by atoms with Gasteiger partial charge in [-0.25, -0.2) is 17.7 Å². The molecule has 4 rings (SSSR count). The Morgan fingerprint density at radius 2 is 1.86 bits per heavy atom. The molecule has 0 saturated carbocycles. The molecule has 1 aliphatic heterocycles. The molecule has 7 nitrogen and oxygen atoms in total. The molecule has 0 amide bonds. The zero-order chi connectivity index (χ0) is 20.4. The molecule has 2 aromatic heterocycles. The molecule has 3 heterocycles. The van der Waals surface area contributed by atoms with E-state index in [4.69, 9.17) is 5.26 Å². The van der Waals surface area contributed by atoms with Crippen molar-refractivity contribution in [2.24, 2.45) is 0 Å². The highest BCUT2D eigenvalue weighted by Gasteiger charge is 2.25. The summed E-state index contributed by atoms with van der Waals surface area (Å²) < 4.78 is 24.9. The van der Waals surface area contributed by atoms with E-state index in [0.29, 0.717) is 18.7 Å². The van der Waals surface area contributed by atoms with E-state index in [1.807, 2.05) is 30.5 Å². The number of hydrogen-bond acceptors (Lipinski definition) is 6. The summed E-state index contributed by atoms with van der Waals surface area (Å²) in [7, 11) is -3.13. The monoisotopic (exact) mass is 407 g/mol. The Bertz CT molecular complexity index is 1180. The zero-order valence-electron chi connectivity index (χ0n) is 16.0. The van der Waals surface area contributed by atoms with Crippen LogP contribution in [0.1, 0.15) is 18.4 Å². The van der Waals surface area contributed by atoms with Crippen LogP contribution in [0.3, 0.4) is 0 Å². The van der Waals surface area contributed by atoms with Crippen LogP contribution in [0.5, 0.6) is 0 Å². The van der Waals surface area contributed by atoms with Gasteiger partial charge in [-0.15, -0.1) is 0 Å². The fraction of sp³-hybridized carbons (Fsp3) is 0.286. The molecule has 29 heavy (non-hydrogen) atoms. The fourth-order valence-corrected chi connectivity index (χ4v) is 4.49. The maximum atomic E-state index is 11.7. The maximum Gasteiger partial charge on any atom is 0.211 e. The van der Waals surface area contributed by atoms with Crippen LogP contribution in [0.15, 0.2) is 48.8 Å². The lowest BCUT2D eigenvalue weighted by Crippen LogP contribution is -2.41. The number of nitrogens with one attached hydrogen (secondary N) is 1. The molecule has 148 valence electrons. The lowest BCUT2D eigenvalue weighted by Gasteiger charge is -2.30. The number of fused-ring (bicyclic) bond motifs is 1. The number of nitrogens with zero attached hydrogens (tertiary/aromatic N) is 4. The maximum absolute atomic E-state index is 11.7. The number of benzene rings is 1. The Morgan fingerprint density at radius 3 is 2.52 bits per heavy atom. The predicted molar refractivity (Wildman–Crippen MR) is 113 cm³/mol. The molecular formula is C21H21N5O2S. The molecule has 1 fully saturated rings. The number of aromatic nitrogens is 2. The van der Waals surface area contributed by atoms with Crippen molar-refractivity contribution in [3.8, 4) is 17.3 Å². The average molecular weight is 407 g/mol. The molecule has 0 radical (unpaired) electrons. The number of sulfonamides is 1. The first kappa shape index (κ1) is 19.3. The van der Waals surface area contributed by atoms with E-state index in [1.165, 1.54) is 10.6 Å². The summed E-state index contributed by atoms with van der Waals surface area (Å²) >= 11 is 0. The molecule has 0 bridgehead atoms. The van der Waals surface area contributed by atoms with Crippen molar-refractivity contribution in [3.63, 3.8) is 0 Å². The second-order valence-corrected chi connectivity index (χ2v) is 9.20. The first-order valence-corrected chi connectivity index (χ1v) is 11.3. The van der Waals surface area contributed by atoms with Crippen molar-refractivity contribution in [3.05, 3.63) is 54.4 Å². The van der Waals surface area contributed by atoms with E-state index in [2.05, 4.69) is 21.4 Å². The minimum atomic E-state index is -3.13. The van der Waals surface area contributed by atoms with E-state index in [0.717, 1.165) is 40.7 Å². The zero-order valence-corrected chi connectivity index (χ0v) is 16.9. The van der Waals surface area contributed by atoms with Crippen molar-refractivity contribution in [1.82, 2.24) is 14.3 Å². The van der Waals surface area contributed by atoms with Gasteiger partial charge in [0.1, 0.15) is 5.82 Å². The van der Waals surface area contributed by atoms with Gasteiger partial charge in [0, 0.05) is 47.9 Å². The highest BCUT2D eigenvalue weighted by Crippen LogP contribution is 2.28. The van der Waals surface area contributed by atoms with Gasteiger partial charge in [0.2, 0.25) is 10.0 Å². The minimum Gasteiger partial charge on any atom is -0.367 e. The Hall–Kier alpha value is -3.02. The fourth-order valence-electron chi connectivity index (χ4n) is 3.62. The molecule has 1 N–H and O–H groups in total. The van der Waals surface area contributed by atoms with Crippen LogP contribution in [-0.4, -0.2) is 48.1 Å². The Morgan fingerprint density at radius 1 is 1.14 bits per heavy atom. The number of piperidine rings is 1. The third-order valence-corrected chi connectivity index (χ3v) is 6.51. The Kier molecular flexibility index (Phi) is 5.18. The molecule has 0 aliphatic carbocycles. The van der Waals surface area contributed by atoms with Crippen molar-refractivity contribution in [1.29, 1.82) is 5.26 Å².